The van der Waals surface area contributed by atoms with Gasteiger partial charge in [0, 0.05) is 22.6 Å². The van der Waals surface area contributed by atoms with Crippen LogP contribution in [-0.4, -0.2) is 17.3 Å². The fourth-order valence-corrected chi connectivity index (χ4v) is 8.12. The number of carbonyl (C=O) groups excluding carboxylic acids is 3. The molecule has 6 unspecified atom stereocenters. The van der Waals surface area contributed by atoms with Crippen molar-refractivity contribution in [3.05, 3.63) is 94.6 Å². The van der Waals surface area contributed by atoms with E-state index >= 15 is 0 Å². The van der Waals surface area contributed by atoms with Gasteiger partial charge in [0.25, 0.3) is 0 Å². The van der Waals surface area contributed by atoms with Gasteiger partial charge in [0.2, 0.25) is 0 Å². The fraction of sp³-hybridized carbons (Fsp3) is 0.321. The summed E-state index contributed by atoms with van der Waals surface area (Å²) >= 11 is 0. The van der Waals surface area contributed by atoms with Crippen molar-refractivity contribution in [3.8, 4) is 0 Å². The molecule has 6 aliphatic carbocycles. The molecular weight excluding hydrogens is 384 g/mol. The Morgan fingerprint density at radius 1 is 0.839 bits per heavy atom. The minimum atomic E-state index is -1.05. The highest BCUT2D eigenvalue weighted by Crippen LogP contribution is 2.72. The van der Waals surface area contributed by atoms with Crippen LogP contribution in [0.2, 0.25) is 0 Å². The van der Waals surface area contributed by atoms with Gasteiger partial charge in [0.15, 0.2) is 17.3 Å². The Labute approximate surface area is 180 Å². The maximum atomic E-state index is 14.5. The molecule has 8 rings (SSSR count). The zero-order chi connectivity index (χ0) is 20.9. The molecule has 0 spiro atoms. The fourth-order valence-electron chi connectivity index (χ4n) is 8.12. The first-order valence-electron chi connectivity index (χ1n) is 11.3. The summed E-state index contributed by atoms with van der Waals surface area (Å²) in [6.07, 6.45) is 6.21. The van der Waals surface area contributed by atoms with E-state index in [4.69, 9.17) is 0 Å². The van der Waals surface area contributed by atoms with E-state index in [9.17, 15) is 14.4 Å². The predicted molar refractivity (Wildman–Crippen MR) is 116 cm³/mol. The quantitative estimate of drug-likeness (QED) is 0.542. The van der Waals surface area contributed by atoms with Crippen LogP contribution >= 0.6 is 0 Å². The second-order valence-electron chi connectivity index (χ2n) is 9.85. The van der Waals surface area contributed by atoms with Gasteiger partial charge in [-0.1, -0.05) is 54.6 Å². The van der Waals surface area contributed by atoms with Crippen molar-refractivity contribution in [2.45, 2.75) is 30.6 Å². The maximum Gasteiger partial charge on any atom is 0.183 e. The molecule has 0 radical (unpaired) electrons. The van der Waals surface area contributed by atoms with Gasteiger partial charge in [0.05, 0.1) is 5.41 Å². The SMILES string of the molecule is O=C1C=CC(=O)C2=C1C1c3ccccc3C2(C(=O)c2ccccc2)C2C3CCC(C3)C12. The van der Waals surface area contributed by atoms with Gasteiger partial charge in [-0.25, -0.2) is 0 Å². The Morgan fingerprint density at radius 3 is 2.39 bits per heavy atom. The Morgan fingerprint density at radius 2 is 1.55 bits per heavy atom. The lowest BCUT2D eigenvalue weighted by atomic mass is 9.41. The minimum Gasteiger partial charge on any atom is -0.293 e. The van der Waals surface area contributed by atoms with E-state index in [1.165, 1.54) is 18.6 Å². The van der Waals surface area contributed by atoms with E-state index in [2.05, 4.69) is 6.07 Å². The van der Waals surface area contributed by atoms with Crippen LogP contribution in [0.15, 0.2) is 77.9 Å². The molecule has 31 heavy (non-hydrogen) atoms. The average molecular weight is 406 g/mol. The molecule has 0 aromatic heterocycles. The first-order chi connectivity index (χ1) is 15.1. The zero-order valence-corrected chi connectivity index (χ0v) is 17.1. The summed E-state index contributed by atoms with van der Waals surface area (Å²) < 4.78 is 0. The normalized spacial score (nSPS) is 36.5. The molecule has 0 N–H and O–H groups in total. The van der Waals surface area contributed by atoms with Crippen molar-refractivity contribution >= 4 is 17.3 Å². The van der Waals surface area contributed by atoms with Gasteiger partial charge < -0.3 is 0 Å². The van der Waals surface area contributed by atoms with E-state index < -0.39 is 5.41 Å². The minimum absolute atomic E-state index is 0.00907. The number of hydrogen-bond donors (Lipinski definition) is 0. The summed E-state index contributed by atoms with van der Waals surface area (Å²) in [5.41, 5.74) is 2.74. The van der Waals surface area contributed by atoms with Crippen molar-refractivity contribution in [1.82, 2.24) is 0 Å². The van der Waals surface area contributed by atoms with Gasteiger partial charge >= 0.3 is 0 Å². The molecule has 0 saturated heterocycles. The lowest BCUT2D eigenvalue weighted by Gasteiger charge is -2.59. The third kappa shape index (κ3) is 1.90. The number of carbonyl (C=O) groups is 3. The maximum absolute atomic E-state index is 14.5. The zero-order valence-electron chi connectivity index (χ0n) is 17.1. The van der Waals surface area contributed by atoms with Crippen LogP contribution in [0.4, 0.5) is 0 Å². The van der Waals surface area contributed by atoms with E-state index in [0.29, 0.717) is 28.5 Å². The molecule has 4 bridgehead atoms. The van der Waals surface area contributed by atoms with Crippen molar-refractivity contribution in [1.29, 1.82) is 0 Å². The molecular formula is C28H22O3. The van der Waals surface area contributed by atoms with Crippen LogP contribution in [0.3, 0.4) is 0 Å². The first-order valence-corrected chi connectivity index (χ1v) is 11.3. The molecule has 0 amide bonds. The van der Waals surface area contributed by atoms with Crippen LogP contribution in [0, 0.1) is 23.7 Å². The van der Waals surface area contributed by atoms with E-state index in [1.807, 2.05) is 48.5 Å². The Hall–Kier alpha value is -3.07. The molecule has 152 valence electrons. The number of hydrogen-bond acceptors (Lipinski definition) is 3. The highest BCUT2D eigenvalue weighted by Gasteiger charge is 2.71. The summed E-state index contributed by atoms with van der Waals surface area (Å²) in [7, 11) is 0. The smallest absolute Gasteiger partial charge is 0.183 e. The third-order valence-corrected chi connectivity index (χ3v) is 8.85. The predicted octanol–water partition coefficient (Wildman–Crippen LogP) is 4.59. The van der Waals surface area contributed by atoms with E-state index in [-0.39, 0.29) is 35.1 Å². The molecule has 0 heterocycles. The van der Waals surface area contributed by atoms with Crippen LogP contribution in [0.25, 0.3) is 0 Å². The molecule has 6 aliphatic rings. The van der Waals surface area contributed by atoms with Crippen LogP contribution in [-0.2, 0) is 15.0 Å². The Balaban J connectivity index is 1.63. The molecule has 3 nitrogen and oxygen atoms in total. The molecule has 2 fully saturated rings. The average Bonchev–Trinajstić information content (AvgIpc) is 3.44. The van der Waals surface area contributed by atoms with Gasteiger partial charge in [-0.05, 0) is 66.2 Å². The highest BCUT2D eigenvalue weighted by molar-refractivity contribution is 6.27. The Kier molecular flexibility index (Phi) is 3.29. The summed E-state index contributed by atoms with van der Waals surface area (Å²) in [5.74, 6) is 1.02. The van der Waals surface area contributed by atoms with Gasteiger partial charge in [-0.2, -0.15) is 0 Å². The molecule has 2 aromatic rings. The van der Waals surface area contributed by atoms with Crippen LogP contribution in [0.1, 0.15) is 46.7 Å². The van der Waals surface area contributed by atoms with Crippen molar-refractivity contribution in [3.63, 3.8) is 0 Å². The number of ketones is 3. The third-order valence-electron chi connectivity index (χ3n) is 8.85. The summed E-state index contributed by atoms with van der Waals surface area (Å²) in [4.78, 5) is 41.3. The van der Waals surface area contributed by atoms with E-state index in [1.54, 1.807) is 0 Å². The molecule has 3 heteroatoms. The van der Waals surface area contributed by atoms with E-state index in [0.717, 1.165) is 24.0 Å². The summed E-state index contributed by atoms with van der Waals surface area (Å²) in [5, 5.41) is 0. The monoisotopic (exact) mass is 406 g/mol. The molecule has 2 saturated carbocycles. The largest absolute Gasteiger partial charge is 0.293 e. The topological polar surface area (TPSA) is 51.2 Å². The Bertz CT molecular complexity index is 1250. The number of rotatable bonds is 2. The van der Waals surface area contributed by atoms with Gasteiger partial charge in [0.1, 0.15) is 0 Å². The number of fused-ring (bicyclic) bond motifs is 2. The second-order valence-corrected chi connectivity index (χ2v) is 9.85. The number of benzene rings is 2. The lowest BCUT2D eigenvalue weighted by Crippen LogP contribution is -2.60. The number of Topliss-reactive ketones (excluding diaryl/α,β-unsaturated/α-hetero) is 1. The van der Waals surface area contributed by atoms with Crippen LogP contribution in [0.5, 0.6) is 0 Å². The van der Waals surface area contributed by atoms with Crippen molar-refractivity contribution in [2.24, 2.45) is 23.7 Å². The second kappa shape index (κ2) is 5.79. The summed E-state index contributed by atoms with van der Waals surface area (Å²) in [6.45, 7) is 0. The molecule has 6 atom stereocenters. The van der Waals surface area contributed by atoms with Gasteiger partial charge in [-0.15, -0.1) is 0 Å². The van der Waals surface area contributed by atoms with Crippen molar-refractivity contribution < 1.29 is 14.4 Å². The highest BCUT2D eigenvalue weighted by atomic mass is 16.1. The molecule has 0 aliphatic heterocycles. The summed E-state index contributed by atoms with van der Waals surface area (Å²) in [6, 6.07) is 17.5. The lowest BCUT2D eigenvalue weighted by molar-refractivity contribution is -0.117. The van der Waals surface area contributed by atoms with Gasteiger partial charge in [-0.3, -0.25) is 14.4 Å². The standard InChI is InChI=1S/C28H22O3/c29-20-12-13-21(30)26-24(20)23-18-8-4-5-9-19(18)28(26,27(31)15-6-2-1-3-7-15)25-17-11-10-16(14-17)22(23)25/h1-9,12-13,16-17,22-23,25H,10-11,14H2. The molecule has 2 aromatic carbocycles. The number of allylic oxidation sites excluding steroid dienone is 4. The van der Waals surface area contributed by atoms with Crippen molar-refractivity contribution in [2.75, 3.05) is 0 Å². The van der Waals surface area contributed by atoms with Crippen LogP contribution < -0.4 is 0 Å². The first kappa shape index (κ1) is 17.6.